The van der Waals surface area contributed by atoms with Crippen LogP contribution in [0.4, 0.5) is 0 Å². The summed E-state index contributed by atoms with van der Waals surface area (Å²) in [5.41, 5.74) is 0. The molecular formula is C62H113NO8. The van der Waals surface area contributed by atoms with E-state index in [1.807, 2.05) is 6.08 Å². The van der Waals surface area contributed by atoms with E-state index in [0.29, 0.717) is 6.42 Å². The zero-order chi connectivity index (χ0) is 51.5. The second-order valence-corrected chi connectivity index (χ2v) is 20.8. The lowest BCUT2D eigenvalue weighted by molar-refractivity contribution is -0.302. The molecule has 0 aromatic carbocycles. The summed E-state index contributed by atoms with van der Waals surface area (Å²) >= 11 is 0. The van der Waals surface area contributed by atoms with E-state index in [1.54, 1.807) is 6.08 Å². The largest absolute Gasteiger partial charge is 0.394 e. The highest BCUT2D eigenvalue weighted by molar-refractivity contribution is 5.76. The van der Waals surface area contributed by atoms with Gasteiger partial charge in [-0.05, 0) is 57.8 Å². The van der Waals surface area contributed by atoms with Crippen molar-refractivity contribution in [3.8, 4) is 0 Å². The molecular weight excluding hydrogens is 887 g/mol. The standard InChI is InChI=1S/C62H113NO8/c1-3-5-7-9-11-13-15-17-19-21-23-25-26-27-28-29-30-32-33-35-37-39-41-43-45-47-49-51-56(65)55(54-70-62-61(69)60(68)59(67)57(53-64)71-62)63-58(66)52-50-48-46-44-42-40-38-36-34-31-24-22-20-18-16-14-12-10-8-6-4-2/h6,8,12,14,18,20,24,31,49,51,55-57,59-62,64-65,67-69H,3-5,7,9-11,13,15-17,19,21-23,25-30,32-48,50,52-54H2,1-2H3,(H,63,66)/b8-6-,14-12-,20-18-,31-24-,51-49+. The van der Waals surface area contributed by atoms with Crippen LogP contribution in [0.2, 0.25) is 0 Å². The number of aliphatic hydroxyl groups excluding tert-OH is 5. The van der Waals surface area contributed by atoms with Crippen molar-refractivity contribution in [2.45, 2.75) is 314 Å². The Morgan fingerprint density at radius 3 is 1.30 bits per heavy atom. The molecule has 0 aliphatic carbocycles. The number of ether oxygens (including phenoxy) is 2. The summed E-state index contributed by atoms with van der Waals surface area (Å²) in [4.78, 5) is 13.1. The Labute approximate surface area is 436 Å². The maximum atomic E-state index is 13.1. The van der Waals surface area contributed by atoms with E-state index in [4.69, 9.17) is 9.47 Å². The Bertz CT molecular complexity index is 1300. The van der Waals surface area contributed by atoms with Crippen LogP contribution in [0.25, 0.3) is 0 Å². The van der Waals surface area contributed by atoms with Gasteiger partial charge in [-0.25, -0.2) is 0 Å². The van der Waals surface area contributed by atoms with Gasteiger partial charge in [-0.3, -0.25) is 4.79 Å². The van der Waals surface area contributed by atoms with Gasteiger partial charge >= 0.3 is 0 Å². The Morgan fingerprint density at radius 1 is 0.493 bits per heavy atom. The average Bonchev–Trinajstić information content (AvgIpc) is 3.37. The first-order valence-corrected chi connectivity index (χ1v) is 30.0. The minimum atomic E-state index is -1.57. The SMILES string of the molecule is CC/C=C\C/C=C\C/C=C\C/C=C\CCCCCCCCCCC(=O)NC(COC1OC(CO)C(O)C(O)C1O)C(O)/C=C/CCCCCCCCCCCCCCCCCCCCCCCCCCC. The molecule has 9 nitrogen and oxygen atoms in total. The van der Waals surface area contributed by atoms with E-state index in [0.717, 1.165) is 77.0 Å². The molecule has 9 heteroatoms. The predicted molar refractivity (Wildman–Crippen MR) is 299 cm³/mol. The van der Waals surface area contributed by atoms with Crippen molar-refractivity contribution in [2.24, 2.45) is 0 Å². The molecule has 6 N–H and O–H groups in total. The zero-order valence-electron chi connectivity index (χ0n) is 46.0. The smallest absolute Gasteiger partial charge is 0.220 e. The van der Waals surface area contributed by atoms with Gasteiger partial charge in [0.25, 0.3) is 0 Å². The molecule has 1 saturated heterocycles. The van der Waals surface area contributed by atoms with Crippen LogP contribution in [-0.2, 0) is 14.3 Å². The van der Waals surface area contributed by atoms with Gasteiger partial charge in [0.15, 0.2) is 6.29 Å². The Balaban J connectivity index is 2.21. The number of rotatable bonds is 51. The molecule has 0 aromatic heterocycles. The van der Waals surface area contributed by atoms with Crippen molar-refractivity contribution in [1.82, 2.24) is 5.32 Å². The van der Waals surface area contributed by atoms with Gasteiger partial charge in [-0.2, -0.15) is 0 Å². The summed E-state index contributed by atoms with van der Waals surface area (Å²) in [6.45, 7) is 3.69. The number of unbranched alkanes of at least 4 members (excludes halogenated alkanes) is 33. The third-order valence-corrected chi connectivity index (χ3v) is 14.1. The van der Waals surface area contributed by atoms with Crippen molar-refractivity contribution in [3.05, 3.63) is 60.8 Å². The molecule has 7 atom stereocenters. The van der Waals surface area contributed by atoms with Gasteiger partial charge in [0.05, 0.1) is 25.4 Å². The third kappa shape index (κ3) is 40.9. The van der Waals surface area contributed by atoms with E-state index in [-0.39, 0.29) is 12.5 Å². The normalized spacial score (nSPS) is 19.7. The molecule has 1 aliphatic heterocycles. The summed E-state index contributed by atoms with van der Waals surface area (Å²) in [5, 5.41) is 54.6. The number of allylic oxidation sites excluding steroid dienone is 9. The number of carbonyl (C=O) groups excluding carboxylic acids is 1. The average molecular weight is 1000 g/mol. The lowest BCUT2D eigenvalue weighted by Crippen LogP contribution is -2.60. The maximum Gasteiger partial charge on any atom is 0.220 e. The highest BCUT2D eigenvalue weighted by atomic mass is 16.7. The molecule has 71 heavy (non-hydrogen) atoms. The van der Waals surface area contributed by atoms with Gasteiger partial charge in [0.1, 0.15) is 24.4 Å². The van der Waals surface area contributed by atoms with Crippen molar-refractivity contribution in [1.29, 1.82) is 0 Å². The fourth-order valence-electron chi connectivity index (χ4n) is 9.39. The summed E-state index contributed by atoms with van der Waals surface area (Å²) in [7, 11) is 0. The molecule has 0 saturated carbocycles. The number of nitrogens with one attached hydrogen (secondary N) is 1. The number of amides is 1. The summed E-state index contributed by atoms with van der Waals surface area (Å²) in [5.74, 6) is -0.184. The molecule has 7 unspecified atom stereocenters. The van der Waals surface area contributed by atoms with E-state index >= 15 is 0 Å². The molecule has 1 rings (SSSR count). The van der Waals surface area contributed by atoms with Crippen molar-refractivity contribution >= 4 is 5.91 Å². The van der Waals surface area contributed by atoms with Crippen LogP contribution in [0.5, 0.6) is 0 Å². The molecule has 1 heterocycles. The van der Waals surface area contributed by atoms with Crippen LogP contribution < -0.4 is 5.32 Å². The maximum absolute atomic E-state index is 13.1. The van der Waals surface area contributed by atoms with Gasteiger partial charge in [-0.15, -0.1) is 0 Å². The molecule has 0 aromatic rings. The fourth-order valence-corrected chi connectivity index (χ4v) is 9.39. The molecule has 0 bridgehead atoms. The molecule has 414 valence electrons. The highest BCUT2D eigenvalue weighted by Crippen LogP contribution is 2.23. The van der Waals surface area contributed by atoms with Gasteiger partial charge in [0.2, 0.25) is 5.91 Å². The second-order valence-electron chi connectivity index (χ2n) is 20.8. The van der Waals surface area contributed by atoms with Crippen molar-refractivity contribution < 1.29 is 39.8 Å². The molecule has 0 radical (unpaired) electrons. The predicted octanol–water partition coefficient (Wildman–Crippen LogP) is 15.1. The first-order chi connectivity index (χ1) is 34.8. The van der Waals surface area contributed by atoms with E-state index in [2.05, 4.69) is 67.8 Å². The van der Waals surface area contributed by atoms with Gasteiger partial charge < -0.3 is 40.3 Å². The number of aliphatic hydroxyl groups is 5. The Kier molecular flexibility index (Phi) is 48.4. The quantitative estimate of drug-likeness (QED) is 0.0261. The van der Waals surface area contributed by atoms with Crippen LogP contribution in [0.1, 0.15) is 271 Å². The van der Waals surface area contributed by atoms with Crippen LogP contribution in [0.3, 0.4) is 0 Å². The molecule has 0 spiro atoms. The van der Waals surface area contributed by atoms with E-state index < -0.39 is 49.5 Å². The molecule has 1 fully saturated rings. The van der Waals surface area contributed by atoms with Crippen molar-refractivity contribution in [2.75, 3.05) is 13.2 Å². The lowest BCUT2D eigenvalue weighted by Gasteiger charge is -2.40. The fraction of sp³-hybridized carbons (Fsp3) is 0.823. The first kappa shape index (κ1) is 66.9. The molecule has 1 aliphatic rings. The van der Waals surface area contributed by atoms with Crippen LogP contribution >= 0.6 is 0 Å². The van der Waals surface area contributed by atoms with Crippen molar-refractivity contribution in [3.63, 3.8) is 0 Å². The van der Waals surface area contributed by atoms with Gasteiger partial charge in [0, 0.05) is 6.42 Å². The minimum Gasteiger partial charge on any atom is -0.394 e. The summed E-state index contributed by atoms with van der Waals surface area (Å²) in [6, 6.07) is -0.813. The van der Waals surface area contributed by atoms with Crippen LogP contribution in [0, 0.1) is 0 Å². The van der Waals surface area contributed by atoms with E-state index in [9.17, 15) is 30.3 Å². The zero-order valence-corrected chi connectivity index (χ0v) is 46.0. The lowest BCUT2D eigenvalue weighted by atomic mass is 9.99. The van der Waals surface area contributed by atoms with Crippen LogP contribution in [-0.4, -0.2) is 87.5 Å². The Morgan fingerprint density at radius 2 is 0.873 bits per heavy atom. The second kappa shape index (κ2) is 51.4. The van der Waals surface area contributed by atoms with Gasteiger partial charge in [-0.1, -0.05) is 267 Å². The summed E-state index contributed by atoms with van der Waals surface area (Å²) < 4.78 is 11.3. The summed E-state index contributed by atoms with van der Waals surface area (Å²) in [6.07, 6.45) is 62.9. The minimum absolute atomic E-state index is 0.184. The topological polar surface area (TPSA) is 149 Å². The number of hydrogen-bond donors (Lipinski definition) is 6. The molecule has 1 amide bonds. The third-order valence-electron chi connectivity index (χ3n) is 14.1. The van der Waals surface area contributed by atoms with E-state index in [1.165, 1.54) is 173 Å². The first-order valence-electron chi connectivity index (χ1n) is 30.0. The number of carbonyl (C=O) groups is 1. The monoisotopic (exact) mass is 1000 g/mol. The highest BCUT2D eigenvalue weighted by Gasteiger charge is 2.44. The van der Waals surface area contributed by atoms with Crippen LogP contribution in [0.15, 0.2) is 60.8 Å². The number of hydrogen-bond acceptors (Lipinski definition) is 8. The Hall–Kier alpha value is -2.11.